The van der Waals surface area contributed by atoms with E-state index >= 15 is 0 Å². The molecule has 54 heavy (non-hydrogen) atoms. The quantitative estimate of drug-likeness (QED) is 0.0664. The standard InChI is InChI=1S/2C22H35NO4/c2*1-14(2)17(24)26-11-10-23-18(25)27-13-22(9)19(5,6)20(7)12-21(22,8)16(4)15(20)3/h2*1,10-13H2,2-9H3,(H,23,25). The van der Waals surface area contributed by atoms with Crippen molar-refractivity contribution in [2.24, 2.45) is 43.3 Å². The van der Waals surface area contributed by atoms with Crippen LogP contribution in [0.1, 0.15) is 124 Å². The first-order valence-corrected chi connectivity index (χ1v) is 19.3. The summed E-state index contributed by atoms with van der Waals surface area (Å²) in [5.74, 6) is -0.916. The molecule has 6 atom stereocenters. The van der Waals surface area contributed by atoms with Gasteiger partial charge in [-0.15, -0.1) is 0 Å². The predicted molar refractivity (Wildman–Crippen MR) is 212 cm³/mol. The Labute approximate surface area is 325 Å². The minimum absolute atomic E-state index is 0.00432. The van der Waals surface area contributed by atoms with E-state index in [2.05, 4.69) is 121 Å². The van der Waals surface area contributed by atoms with Gasteiger partial charge in [0.15, 0.2) is 0 Å². The molecule has 10 nitrogen and oxygen atoms in total. The van der Waals surface area contributed by atoms with Gasteiger partial charge in [-0.25, -0.2) is 19.2 Å². The van der Waals surface area contributed by atoms with Crippen LogP contribution in [-0.4, -0.2) is 63.6 Å². The molecule has 4 aliphatic rings. The number of rotatable bonds is 12. The van der Waals surface area contributed by atoms with E-state index in [-0.39, 0.29) is 69.6 Å². The molecule has 304 valence electrons. The third-order valence-electron chi connectivity index (χ3n) is 16.7. The molecule has 10 heteroatoms. The van der Waals surface area contributed by atoms with E-state index in [9.17, 15) is 19.2 Å². The summed E-state index contributed by atoms with van der Waals surface area (Å²) in [5.41, 5.74) is 6.40. The fourth-order valence-corrected chi connectivity index (χ4v) is 10.8. The van der Waals surface area contributed by atoms with Crippen LogP contribution in [-0.2, 0) is 28.5 Å². The molecule has 4 bridgehead atoms. The molecule has 0 aromatic carbocycles. The van der Waals surface area contributed by atoms with Crippen LogP contribution < -0.4 is 10.6 Å². The van der Waals surface area contributed by atoms with Gasteiger partial charge in [-0.2, -0.15) is 0 Å². The maximum Gasteiger partial charge on any atom is 0.407 e. The number of fused-ring (bicyclic) bond motifs is 4. The van der Waals surface area contributed by atoms with Crippen LogP contribution >= 0.6 is 0 Å². The fourth-order valence-electron chi connectivity index (χ4n) is 10.8. The Morgan fingerprint density at radius 3 is 1.06 bits per heavy atom. The lowest BCUT2D eigenvalue weighted by Gasteiger charge is -2.55. The van der Waals surface area contributed by atoms with Gasteiger partial charge in [-0.1, -0.05) is 105 Å². The first kappa shape index (κ1) is 44.8. The fraction of sp³-hybridized carbons (Fsp3) is 0.727. The van der Waals surface area contributed by atoms with Crippen molar-refractivity contribution in [1.82, 2.24) is 10.6 Å². The van der Waals surface area contributed by atoms with E-state index in [4.69, 9.17) is 18.9 Å². The van der Waals surface area contributed by atoms with Crippen molar-refractivity contribution < 1.29 is 38.1 Å². The highest BCUT2D eigenvalue weighted by molar-refractivity contribution is 5.87. The second-order valence-corrected chi connectivity index (χ2v) is 18.9. The highest BCUT2D eigenvalue weighted by Gasteiger charge is 2.74. The molecular formula is C44H70N2O8. The van der Waals surface area contributed by atoms with Crippen molar-refractivity contribution in [2.45, 2.75) is 124 Å². The number of hydrogen-bond donors (Lipinski definition) is 2. The number of esters is 2. The van der Waals surface area contributed by atoms with Crippen LogP contribution in [0, 0.1) is 43.3 Å². The Balaban J connectivity index is 0.000000290. The highest BCUT2D eigenvalue weighted by atomic mass is 16.6. The lowest BCUT2D eigenvalue weighted by molar-refractivity contribution is -0.139. The smallest absolute Gasteiger partial charge is 0.407 e. The molecule has 0 aliphatic heterocycles. The van der Waals surface area contributed by atoms with Crippen molar-refractivity contribution in [3.63, 3.8) is 0 Å². The highest BCUT2D eigenvalue weighted by Crippen LogP contribution is 2.80. The molecule has 0 aromatic heterocycles. The minimum atomic E-state index is -0.478. The van der Waals surface area contributed by atoms with Crippen molar-refractivity contribution in [3.8, 4) is 0 Å². The number of allylic oxidation sites excluding steroid dienone is 4. The number of alkyl carbamates (subject to hydrolysis) is 2. The van der Waals surface area contributed by atoms with E-state index in [0.29, 0.717) is 24.4 Å². The van der Waals surface area contributed by atoms with E-state index in [1.165, 1.54) is 22.3 Å². The second-order valence-electron chi connectivity index (χ2n) is 18.9. The summed E-state index contributed by atoms with van der Waals surface area (Å²) in [5, 5.41) is 5.30. The molecule has 0 radical (unpaired) electrons. The van der Waals surface area contributed by atoms with Crippen molar-refractivity contribution in [1.29, 1.82) is 0 Å². The zero-order valence-corrected chi connectivity index (χ0v) is 36.3. The van der Waals surface area contributed by atoms with Crippen LogP contribution in [0.2, 0.25) is 0 Å². The molecule has 2 amide bonds. The van der Waals surface area contributed by atoms with Gasteiger partial charge in [-0.3, -0.25) is 0 Å². The summed E-state index contributed by atoms with van der Waals surface area (Å²) >= 11 is 0. The molecule has 0 saturated heterocycles. The molecule has 4 aliphatic carbocycles. The molecular weight excluding hydrogens is 684 g/mol. The maximum absolute atomic E-state index is 12.2. The second kappa shape index (κ2) is 14.8. The lowest BCUT2D eigenvalue weighted by atomic mass is 9.50. The zero-order valence-electron chi connectivity index (χ0n) is 36.3. The Morgan fingerprint density at radius 2 is 0.796 bits per heavy atom. The number of ether oxygens (including phenoxy) is 4. The summed E-state index contributed by atoms with van der Waals surface area (Å²) in [6, 6.07) is 0. The van der Waals surface area contributed by atoms with E-state index in [0.717, 1.165) is 12.8 Å². The monoisotopic (exact) mass is 755 g/mol. The van der Waals surface area contributed by atoms with E-state index < -0.39 is 24.1 Å². The summed E-state index contributed by atoms with van der Waals surface area (Å²) < 4.78 is 21.2. The Morgan fingerprint density at radius 1 is 0.519 bits per heavy atom. The van der Waals surface area contributed by atoms with Gasteiger partial charge in [0.2, 0.25) is 0 Å². The first-order chi connectivity index (χ1) is 24.5. The van der Waals surface area contributed by atoms with Crippen LogP contribution in [0.3, 0.4) is 0 Å². The third-order valence-corrected chi connectivity index (χ3v) is 16.7. The first-order valence-electron chi connectivity index (χ1n) is 19.3. The Hall–Kier alpha value is -3.56. The van der Waals surface area contributed by atoms with Crippen LogP contribution in [0.25, 0.3) is 0 Å². The van der Waals surface area contributed by atoms with Crippen molar-refractivity contribution in [3.05, 3.63) is 46.6 Å². The molecule has 2 saturated carbocycles. The molecule has 6 unspecified atom stereocenters. The summed E-state index contributed by atoms with van der Waals surface area (Å²) in [6.07, 6.45) is 1.22. The van der Waals surface area contributed by atoms with Crippen molar-refractivity contribution in [2.75, 3.05) is 39.5 Å². The van der Waals surface area contributed by atoms with Crippen LogP contribution in [0.15, 0.2) is 46.6 Å². The van der Waals surface area contributed by atoms with Gasteiger partial charge in [0.1, 0.15) is 13.2 Å². The SMILES string of the molecule is C=C(C)C(=O)OCCNC(=O)OCC1(C)C2(C)CC(C)(C(C)=C2C)C1(C)C.C=C(C)C(=O)OCCNC(=O)OCC1(C)C2(C)CC(C)(C(C)=C2C)C1(C)C. The average molecular weight is 755 g/mol. The Bertz CT molecular complexity index is 1530. The van der Waals surface area contributed by atoms with Crippen LogP contribution in [0.4, 0.5) is 9.59 Å². The normalized spacial score (nSPS) is 33.8. The van der Waals surface area contributed by atoms with Crippen molar-refractivity contribution >= 4 is 24.1 Å². The maximum atomic E-state index is 12.2. The van der Waals surface area contributed by atoms with E-state index in [1.807, 2.05) is 0 Å². The molecule has 2 N–H and O–H groups in total. The van der Waals surface area contributed by atoms with Gasteiger partial charge in [-0.05, 0) is 86.9 Å². The Kier molecular flexibility index (Phi) is 12.3. The van der Waals surface area contributed by atoms with Gasteiger partial charge in [0.05, 0.1) is 26.3 Å². The summed E-state index contributed by atoms with van der Waals surface area (Å²) in [4.78, 5) is 47.0. The number of hydrogen-bond acceptors (Lipinski definition) is 8. The number of carbonyl (C=O) groups excluding carboxylic acids is 4. The predicted octanol–water partition coefficient (Wildman–Crippen LogP) is 9.26. The average Bonchev–Trinajstić information content (AvgIpc) is 3.51. The number of amides is 2. The topological polar surface area (TPSA) is 129 Å². The van der Waals surface area contributed by atoms with Gasteiger partial charge in [0, 0.05) is 22.0 Å². The van der Waals surface area contributed by atoms with Gasteiger partial charge >= 0.3 is 24.1 Å². The number of nitrogens with one attached hydrogen (secondary N) is 2. The molecule has 0 aromatic rings. The van der Waals surface area contributed by atoms with Crippen LogP contribution in [0.5, 0.6) is 0 Å². The molecule has 0 heterocycles. The summed E-state index contributed by atoms with van der Waals surface area (Å²) in [6.45, 7) is 43.5. The molecule has 4 rings (SSSR count). The zero-order chi connectivity index (χ0) is 41.7. The molecule has 0 spiro atoms. The molecule has 2 fully saturated rings. The van der Waals surface area contributed by atoms with E-state index in [1.54, 1.807) is 13.8 Å². The number of carbonyl (C=O) groups is 4. The largest absolute Gasteiger partial charge is 0.460 e. The van der Waals surface area contributed by atoms with Gasteiger partial charge < -0.3 is 29.6 Å². The van der Waals surface area contributed by atoms with Gasteiger partial charge in [0.25, 0.3) is 0 Å². The minimum Gasteiger partial charge on any atom is -0.460 e. The third kappa shape index (κ3) is 6.61. The lowest BCUT2D eigenvalue weighted by Crippen LogP contribution is -2.52. The summed E-state index contributed by atoms with van der Waals surface area (Å²) in [7, 11) is 0.